The molecule has 2 aromatic rings. The van der Waals surface area contributed by atoms with Crippen LogP contribution in [0, 0.1) is 0 Å². The third kappa shape index (κ3) is 2.63. The lowest BCUT2D eigenvalue weighted by molar-refractivity contribution is 0.0934. The quantitative estimate of drug-likeness (QED) is 0.882. The Bertz CT molecular complexity index is 833. The molecule has 1 aromatic carbocycles. The third-order valence-corrected chi connectivity index (χ3v) is 5.92. The maximum Gasteiger partial charge on any atom is 0.256 e. The van der Waals surface area contributed by atoms with Crippen molar-refractivity contribution >= 4 is 22.2 Å². The van der Waals surface area contributed by atoms with Crippen molar-refractivity contribution in [2.75, 3.05) is 33.1 Å². The topological polar surface area (TPSA) is 62.8 Å². The van der Waals surface area contributed by atoms with Crippen LogP contribution in [0.1, 0.15) is 32.5 Å². The van der Waals surface area contributed by atoms with Crippen LogP contribution in [0.3, 0.4) is 0 Å². The molecule has 1 amide bonds. The van der Waals surface area contributed by atoms with E-state index in [1.54, 1.807) is 25.6 Å². The number of carbonyl (C=O) groups excluding carboxylic acids is 1. The highest BCUT2D eigenvalue weighted by Crippen LogP contribution is 2.42. The largest absolute Gasteiger partial charge is 0.493 e. The highest BCUT2D eigenvalue weighted by atomic mass is 32.1. The van der Waals surface area contributed by atoms with Crippen molar-refractivity contribution in [2.45, 2.75) is 19.1 Å². The number of fused-ring (bicyclic) bond motifs is 3. The summed E-state index contributed by atoms with van der Waals surface area (Å²) >= 11 is 1.68. The molecule has 2 aliphatic heterocycles. The van der Waals surface area contributed by atoms with Gasteiger partial charge in [-0.05, 0) is 25.1 Å². The van der Waals surface area contributed by atoms with E-state index in [1.165, 1.54) is 10.4 Å². The Hall–Kier alpha value is -2.25. The number of thiophene rings is 1. The van der Waals surface area contributed by atoms with Gasteiger partial charge in [0.2, 0.25) is 0 Å². The summed E-state index contributed by atoms with van der Waals surface area (Å²) < 4.78 is 10.9. The fourth-order valence-electron chi connectivity index (χ4n) is 3.54. The molecule has 0 saturated heterocycles. The number of hydrogen-bond acceptors (Lipinski definition) is 6. The average Bonchev–Trinajstić information content (AvgIpc) is 2.98. The number of nitrogens with one attached hydrogen (secondary N) is 2. The molecule has 0 spiro atoms. The van der Waals surface area contributed by atoms with E-state index in [2.05, 4.69) is 22.6 Å². The summed E-state index contributed by atoms with van der Waals surface area (Å²) in [5.41, 5.74) is 2.86. The van der Waals surface area contributed by atoms with Crippen LogP contribution in [0.2, 0.25) is 0 Å². The number of nitrogens with zero attached hydrogens (tertiary/aromatic N) is 1. The molecule has 2 N–H and O–H groups in total. The second-order valence-electron chi connectivity index (χ2n) is 6.33. The van der Waals surface area contributed by atoms with Gasteiger partial charge in [0.05, 0.1) is 19.8 Å². The predicted molar refractivity (Wildman–Crippen MR) is 97.7 cm³/mol. The SMILES string of the molecule is COc1cccc([C@@H]2NC(=O)c3c(sc4c3CCN(C)C4)N2)c1OC. The molecule has 1 atom stereocenters. The van der Waals surface area contributed by atoms with Crippen molar-refractivity contribution in [3.8, 4) is 11.5 Å². The van der Waals surface area contributed by atoms with Gasteiger partial charge in [-0.15, -0.1) is 11.3 Å². The molecule has 1 aromatic heterocycles. The minimum Gasteiger partial charge on any atom is -0.493 e. The summed E-state index contributed by atoms with van der Waals surface area (Å²) in [6, 6.07) is 5.68. The Kier molecular flexibility index (Phi) is 4.05. The molecule has 7 heteroatoms. The minimum atomic E-state index is -0.345. The summed E-state index contributed by atoms with van der Waals surface area (Å²) in [6.45, 7) is 1.88. The van der Waals surface area contributed by atoms with Crippen LogP contribution in [-0.2, 0) is 13.0 Å². The second kappa shape index (κ2) is 6.24. The number of amides is 1. The Morgan fingerprint density at radius 2 is 2.08 bits per heavy atom. The van der Waals surface area contributed by atoms with Crippen molar-refractivity contribution in [3.63, 3.8) is 0 Å². The van der Waals surface area contributed by atoms with E-state index in [1.807, 2.05) is 18.2 Å². The van der Waals surface area contributed by atoms with Crippen LogP contribution < -0.4 is 20.1 Å². The maximum atomic E-state index is 12.8. The minimum absolute atomic E-state index is 0.0225. The van der Waals surface area contributed by atoms with Gasteiger partial charge in [0, 0.05) is 23.5 Å². The zero-order chi connectivity index (χ0) is 17.6. The first-order chi connectivity index (χ1) is 12.1. The number of likely N-dealkylation sites (N-methyl/N-ethyl adjacent to an activating group) is 1. The molecule has 0 saturated carbocycles. The highest BCUT2D eigenvalue weighted by Gasteiger charge is 2.34. The molecule has 132 valence electrons. The van der Waals surface area contributed by atoms with E-state index in [4.69, 9.17) is 9.47 Å². The maximum absolute atomic E-state index is 12.8. The number of para-hydroxylation sites is 1. The fourth-order valence-corrected chi connectivity index (χ4v) is 4.89. The number of rotatable bonds is 3. The fraction of sp³-hybridized carbons (Fsp3) is 0.389. The van der Waals surface area contributed by atoms with Gasteiger partial charge < -0.3 is 25.0 Å². The Labute approximate surface area is 150 Å². The van der Waals surface area contributed by atoms with E-state index in [0.717, 1.165) is 35.6 Å². The van der Waals surface area contributed by atoms with Crippen LogP contribution in [-0.4, -0.2) is 38.6 Å². The smallest absolute Gasteiger partial charge is 0.256 e. The van der Waals surface area contributed by atoms with E-state index in [-0.39, 0.29) is 12.1 Å². The van der Waals surface area contributed by atoms with Gasteiger partial charge in [0.1, 0.15) is 11.2 Å². The summed E-state index contributed by atoms with van der Waals surface area (Å²) in [5, 5.41) is 7.49. The Morgan fingerprint density at radius 1 is 1.24 bits per heavy atom. The van der Waals surface area contributed by atoms with Gasteiger partial charge in [-0.2, -0.15) is 0 Å². The van der Waals surface area contributed by atoms with Crippen molar-refractivity contribution in [1.29, 1.82) is 0 Å². The van der Waals surface area contributed by atoms with Crippen molar-refractivity contribution in [2.24, 2.45) is 0 Å². The number of ether oxygens (including phenoxy) is 2. The van der Waals surface area contributed by atoms with E-state index < -0.39 is 0 Å². The summed E-state index contributed by atoms with van der Waals surface area (Å²) in [4.78, 5) is 16.4. The normalized spacial score (nSPS) is 19.5. The van der Waals surface area contributed by atoms with Crippen molar-refractivity contribution < 1.29 is 14.3 Å². The standard InChI is InChI=1S/C18H21N3O3S/c1-21-8-7-10-13(9-21)25-18-14(10)17(22)19-16(20-18)11-5-4-6-12(23-2)15(11)24-3/h4-6,16,20H,7-9H2,1-3H3,(H,19,22)/t16-/m1/s1. The molecule has 4 rings (SSSR count). The lowest BCUT2D eigenvalue weighted by Gasteiger charge is -2.28. The monoisotopic (exact) mass is 359 g/mol. The molecule has 0 unspecified atom stereocenters. The molecule has 0 radical (unpaired) electrons. The van der Waals surface area contributed by atoms with Crippen LogP contribution in [0.15, 0.2) is 18.2 Å². The predicted octanol–water partition coefficient (Wildman–Crippen LogP) is 2.61. The first-order valence-corrected chi connectivity index (χ1v) is 9.05. The second-order valence-corrected chi connectivity index (χ2v) is 7.43. The van der Waals surface area contributed by atoms with E-state index in [0.29, 0.717) is 11.5 Å². The van der Waals surface area contributed by atoms with Gasteiger partial charge in [0.15, 0.2) is 11.5 Å². The summed E-state index contributed by atoms with van der Waals surface area (Å²) in [7, 11) is 5.33. The van der Waals surface area contributed by atoms with E-state index >= 15 is 0 Å². The average molecular weight is 359 g/mol. The lowest BCUT2D eigenvalue weighted by atomic mass is 10.0. The third-order valence-electron chi connectivity index (χ3n) is 4.77. The van der Waals surface area contributed by atoms with Gasteiger partial charge in [-0.3, -0.25) is 4.79 Å². The lowest BCUT2D eigenvalue weighted by Crippen LogP contribution is -2.38. The molecule has 0 fully saturated rings. The zero-order valence-corrected chi connectivity index (χ0v) is 15.3. The Balaban J connectivity index is 1.72. The van der Waals surface area contributed by atoms with Gasteiger partial charge >= 0.3 is 0 Å². The van der Waals surface area contributed by atoms with Crippen molar-refractivity contribution in [3.05, 3.63) is 39.8 Å². The van der Waals surface area contributed by atoms with Gasteiger partial charge in [-0.1, -0.05) is 12.1 Å². The first-order valence-electron chi connectivity index (χ1n) is 8.23. The number of anilines is 1. The highest BCUT2D eigenvalue weighted by molar-refractivity contribution is 7.16. The molecule has 0 aliphatic carbocycles. The molecule has 25 heavy (non-hydrogen) atoms. The van der Waals surface area contributed by atoms with Crippen molar-refractivity contribution in [1.82, 2.24) is 10.2 Å². The zero-order valence-electron chi connectivity index (χ0n) is 14.5. The molecular weight excluding hydrogens is 338 g/mol. The number of benzene rings is 1. The van der Waals surface area contributed by atoms with Crippen LogP contribution in [0.25, 0.3) is 0 Å². The number of methoxy groups -OCH3 is 2. The van der Waals surface area contributed by atoms with Crippen LogP contribution >= 0.6 is 11.3 Å². The van der Waals surface area contributed by atoms with Gasteiger partial charge in [-0.25, -0.2) is 0 Å². The van der Waals surface area contributed by atoms with Crippen LogP contribution in [0.4, 0.5) is 5.00 Å². The summed E-state index contributed by atoms with van der Waals surface area (Å²) in [6.07, 6.45) is 0.572. The summed E-state index contributed by atoms with van der Waals surface area (Å²) in [5.74, 6) is 1.26. The molecular formula is C18H21N3O3S. The molecule has 6 nitrogen and oxygen atoms in total. The van der Waals surface area contributed by atoms with E-state index in [9.17, 15) is 4.79 Å². The number of carbonyl (C=O) groups is 1. The molecule has 0 bridgehead atoms. The molecule has 2 aliphatic rings. The molecule has 3 heterocycles. The Morgan fingerprint density at radius 3 is 2.84 bits per heavy atom. The first kappa shape index (κ1) is 16.2. The van der Waals surface area contributed by atoms with Gasteiger partial charge in [0.25, 0.3) is 5.91 Å². The number of hydrogen-bond donors (Lipinski definition) is 2. The van der Waals surface area contributed by atoms with Crippen LogP contribution in [0.5, 0.6) is 11.5 Å².